The van der Waals surface area contributed by atoms with Crippen molar-refractivity contribution in [3.8, 4) is 12.1 Å². The molecule has 13 nitrogen and oxygen atoms in total. The zero-order chi connectivity index (χ0) is 40.3. The van der Waals surface area contributed by atoms with Gasteiger partial charge in [-0.2, -0.15) is 25.8 Å². The van der Waals surface area contributed by atoms with Crippen LogP contribution < -0.4 is 0 Å². The van der Waals surface area contributed by atoms with Gasteiger partial charge in [0, 0.05) is 61.7 Å². The fourth-order valence-corrected chi connectivity index (χ4v) is 11.7. The number of carbonyl (C=O) groups excluding carboxylic acids is 2. The Kier molecular flexibility index (Phi) is 7.65. The van der Waals surface area contributed by atoms with Crippen LogP contribution in [0.4, 0.5) is 8.78 Å². The van der Waals surface area contributed by atoms with E-state index in [1.807, 2.05) is 30.5 Å². The molecule has 0 radical (unpaired) electrons. The second-order valence-electron chi connectivity index (χ2n) is 17.8. The molecule has 0 saturated heterocycles. The number of benzene rings is 2. The average Bonchev–Trinajstić information content (AvgIpc) is 4.06. The topological polar surface area (TPSA) is 161 Å². The molecule has 4 atom stereocenters. The first-order chi connectivity index (χ1) is 28.6. The number of rotatable bonds is 9. The minimum Gasteiger partial charge on any atom is -0.332 e. The summed E-state index contributed by atoms with van der Waals surface area (Å²) in [5, 5.41) is 36.4. The summed E-state index contributed by atoms with van der Waals surface area (Å²) in [4.78, 5) is 38.0. The van der Waals surface area contributed by atoms with E-state index in [0.717, 1.165) is 60.5 Å². The maximum atomic E-state index is 14.5. The summed E-state index contributed by atoms with van der Waals surface area (Å²) in [6, 6.07) is 16.0. The lowest BCUT2D eigenvalue weighted by Crippen LogP contribution is -2.68. The summed E-state index contributed by atoms with van der Waals surface area (Å²) in [6.07, 6.45) is 15.3. The van der Waals surface area contributed by atoms with Crippen LogP contribution in [0.1, 0.15) is 90.9 Å². The van der Waals surface area contributed by atoms with Crippen molar-refractivity contribution in [2.75, 3.05) is 0 Å². The lowest BCUT2D eigenvalue weighted by atomic mass is 9.34. The molecule has 5 aromatic rings. The number of amides is 2. The molecule has 2 amide bonds. The van der Waals surface area contributed by atoms with Gasteiger partial charge in [-0.3, -0.25) is 14.3 Å². The number of hydrogen-bond acceptors (Lipinski definition) is 9. The molecular formula is C44H37F2N11O2. The maximum Gasteiger partial charge on any atom is 0.249 e. The van der Waals surface area contributed by atoms with Gasteiger partial charge in [0.15, 0.2) is 0 Å². The predicted octanol–water partition coefficient (Wildman–Crippen LogP) is 6.55. The number of fused-ring (bicyclic) bond motifs is 2. The first kappa shape index (κ1) is 35.5. The highest BCUT2D eigenvalue weighted by Gasteiger charge is 2.72. The molecule has 0 spiro atoms. The SMILES string of the molecule is N#Cc1cccc(C2C(c3ncnc4c3ccn4CC34CC(C3)[C@@H](C(=O)N3N=CCC3c3cc(F)cc(F)c3)C4)C=NN2C(=O)C23CC(Cn4cc(C#N)cn4)(C2)C3)c1. The molecule has 8 aliphatic rings. The average molecular weight is 790 g/mol. The van der Waals surface area contributed by atoms with Crippen molar-refractivity contribution >= 4 is 35.3 Å². The third-order valence-electron chi connectivity index (χ3n) is 14.0. The number of halogens is 2. The zero-order valence-corrected chi connectivity index (χ0v) is 31.8. The number of nitrogens with zero attached hydrogens (tertiary/aromatic N) is 11. The smallest absolute Gasteiger partial charge is 0.249 e. The van der Waals surface area contributed by atoms with Crippen LogP contribution in [0.2, 0.25) is 0 Å². The quantitative estimate of drug-likeness (QED) is 0.164. The Balaban J connectivity index is 0.831. The van der Waals surface area contributed by atoms with Crippen LogP contribution in [-0.2, 0) is 22.7 Å². The van der Waals surface area contributed by atoms with Crippen molar-refractivity contribution in [2.45, 2.75) is 76.0 Å². The molecule has 2 aromatic carbocycles. The Labute approximate surface area is 337 Å². The molecule has 6 aliphatic carbocycles. The van der Waals surface area contributed by atoms with E-state index in [1.165, 1.54) is 17.1 Å². The monoisotopic (exact) mass is 789 g/mol. The van der Waals surface area contributed by atoms with Crippen molar-refractivity contribution in [1.82, 2.24) is 34.3 Å². The fraction of sp³-hybridized carbons (Fsp3) is 0.386. The number of hydrogen-bond donors (Lipinski definition) is 0. The Bertz CT molecular complexity index is 2710. The van der Waals surface area contributed by atoms with Gasteiger partial charge in [0.25, 0.3) is 0 Å². The highest BCUT2D eigenvalue weighted by atomic mass is 19.1. The zero-order valence-electron chi connectivity index (χ0n) is 31.8. The third kappa shape index (κ3) is 5.47. The van der Waals surface area contributed by atoms with Crippen LogP contribution >= 0.6 is 0 Å². The summed E-state index contributed by atoms with van der Waals surface area (Å²) in [7, 11) is 0. The molecule has 5 heterocycles. The molecule has 13 rings (SSSR count). The van der Waals surface area contributed by atoms with Crippen molar-refractivity contribution < 1.29 is 18.4 Å². The number of carbonyl (C=O) groups is 2. The summed E-state index contributed by atoms with van der Waals surface area (Å²) in [5.74, 6) is -1.95. The van der Waals surface area contributed by atoms with Gasteiger partial charge < -0.3 is 4.57 Å². The Morgan fingerprint density at radius 3 is 2.42 bits per heavy atom. The van der Waals surface area contributed by atoms with Crippen LogP contribution in [0.15, 0.2) is 83.7 Å². The van der Waals surface area contributed by atoms with E-state index in [4.69, 9.17) is 15.1 Å². The molecule has 6 fully saturated rings. The standard InChI is InChI=1S/C44H37F2N11O2/c45-31-9-29(10-32(46)11-31)36-4-6-51-56(36)40(58)34-14-42(12-30(34)13-42)23-54-7-5-33-37(49-25-50-39(33)54)35-18-53-57(38(35)28-3-1-2-26(8-28)15-47)41(59)44-20-43(21-44,22-44)24-55-19-27(16-48)17-52-55/h1-3,5-11,17-19,25,30,34-36,38H,4,12-14,20-24H2/t30?,34-,35?,36?,38?,42?,43?,44?/m0/s1. The molecule has 2 aliphatic heterocycles. The van der Waals surface area contributed by atoms with E-state index in [1.54, 1.807) is 46.9 Å². The maximum absolute atomic E-state index is 14.5. The highest BCUT2D eigenvalue weighted by Crippen LogP contribution is 2.75. The lowest BCUT2D eigenvalue weighted by Gasteiger charge is -2.69. The molecule has 0 N–H and O–H groups in total. The van der Waals surface area contributed by atoms with Crippen molar-refractivity contribution in [3.63, 3.8) is 0 Å². The van der Waals surface area contributed by atoms with Gasteiger partial charge in [-0.05, 0) is 96.7 Å². The van der Waals surface area contributed by atoms with Crippen molar-refractivity contribution in [1.29, 1.82) is 10.5 Å². The summed E-state index contributed by atoms with van der Waals surface area (Å²) in [5.41, 5.74) is 3.01. The molecule has 15 heteroatoms. The fourth-order valence-electron chi connectivity index (χ4n) is 11.7. The van der Waals surface area contributed by atoms with E-state index >= 15 is 0 Å². The Hall–Kier alpha value is -6.61. The van der Waals surface area contributed by atoms with Crippen LogP contribution in [0.3, 0.4) is 0 Å². The number of aromatic nitrogens is 5. The molecule has 59 heavy (non-hydrogen) atoms. The molecule has 4 bridgehead atoms. The molecule has 294 valence electrons. The molecule has 6 saturated carbocycles. The van der Waals surface area contributed by atoms with E-state index in [-0.39, 0.29) is 34.5 Å². The van der Waals surface area contributed by atoms with Crippen molar-refractivity contribution in [2.24, 2.45) is 38.3 Å². The number of hydrazone groups is 2. The van der Waals surface area contributed by atoms with E-state index in [0.29, 0.717) is 42.6 Å². The molecular weight excluding hydrogens is 753 g/mol. The summed E-state index contributed by atoms with van der Waals surface area (Å²) < 4.78 is 32.1. The Morgan fingerprint density at radius 2 is 1.66 bits per heavy atom. The van der Waals surface area contributed by atoms with E-state index in [9.17, 15) is 28.9 Å². The second-order valence-corrected chi connectivity index (χ2v) is 17.8. The summed E-state index contributed by atoms with van der Waals surface area (Å²) in [6.45, 7) is 1.32. The molecule has 3 aromatic heterocycles. The minimum atomic E-state index is -0.680. The van der Waals surface area contributed by atoms with Gasteiger partial charge in [-0.1, -0.05) is 12.1 Å². The van der Waals surface area contributed by atoms with Crippen LogP contribution in [0.25, 0.3) is 11.0 Å². The van der Waals surface area contributed by atoms with Gasteiger partial charge in [0.1, 0.15) is 29.7 Å². The third-order valence-corrected chi connectivity index (χ3v) is 14.0. The van der Waals surface area contributed by atoms with E-state index < -0.39 is 35.1 Å². The molecule has 3 unspecified atom stereocenters. The van der Waals surface area contributed by atoms with Crippen LogP contribution in [0, 0.1) is 62.4 Å². The lowest BCUT2D eigenvalue weighted by molar-refractivity contribution is -0.223. The van der Waals surface area contributed by atoms with Gasteiger partial charge in [-0.15, -0.1) is 0 Å². The summed E-state index contributed by atoms with van der Waals surface area (Å²) >= 11 is 0. The first-order valence-corrected chi connectivity index (χ1v) is 20.0. The Morgan fingerprint density at radius 1 is 0.864 bits per heavy atom. The largest absolute Gasteiger partial charge is 0.332 e. The minimum absolute atomic E-state index is 0.0319. The normalized spacial score (nSPS) is 30.8. The second kappa shape index (κ2) is 12.7. The van der Waals surface area contributed by atoms with Crippen LogP contribution in [-0.4, -0.2) is 58.6 Å². The highest BCUT2D eigenvalue weighted by molar-refractivity contribution is 5.91. The van der Waals surface area contributed by atoms with Gasteiger partial charge in [0.05, 0.1) is 52.5 Å². The van der Waals surface area contributed by atoms with Gasteiger partial charge in [-0.25, -0.2) is 28.8 Å². The van der Waals surface area contributed by atoms with Gasteiger partial charge >= 0.3 is 0 Å². The van der Waals surface area contributed by atoms with E-state index in [2.05, 4.69) is 26.9 Å². The first-order valence-electron chi connectivity index (χ1n) is 20.0. The van der Waals surface area contributed by atoms with Crippen LogP contribution in [0.5, 0.6) is 0 Å². The predicted molar refractivity (Wildman–Crippen MR) is 207 cm³/mol. The van der Waals surface area contributed by atoms with Gasteiger partial charge in [0.2, 0.25) is 11.8 Å². The number of nitriles is 2. The van der Waals surface area contributed by atoms with Crippen molar-refractivity contribution in [3.05, 3.63) is 113 Å².